The molecule has 0 saturated heterocycles. The van der Waals surface area contributed by atoms with Crippen molar-refractivity contribution in [1.82, 2.24) is 9.97 Å². The third-order valence-electron chi connectivity index (χ3n) is 0.886. The summed E-state index contributed by atoms with van der Waals surface area (Å²) in [6, 6.07) is 0. The Balaban J connectivity index is 3.03. The molecule has 0 aliphatic rings. The highest BCUT2D eigenvalue weighted by Crippen LogP contribution is 2.26. The van der Waals surface area contributed by atoms with Crippen LogP contribution in [0.5, 0.6) is 0 Å². The maximum Gasteiger partial charge on any atom is 0.153 e. The third kappa shape index (κ3) is 1.72. The average molecular weight is 197 g/mol. The zero-order valence-corrected chi connectivity index (χ0v) is 7.03. The first-order valence-electron chi connectivity index (χ1n) is 2.46. The van der Waals surface area contributed by atoms with Crippen LogP contribution in [-0.2, 0) is 0 Å². The number of rotatable bonds is 1. The Bertz CT molecular complexity index is 226. The van der Waals surface area contributed by atoms with E-state index in [4.69, 9.17) is 34.8 Å². The van der Waals surface area contributed by atoms with Gasteiger partial charge in [-0.2, -0.15) is 0 Å². The van der Waals surface area contributed by atoms with Gasteiger partial charge in [0, 0.05) is 12.4 Å². The van der Waals surface area contributed by atoms with Gasteiger partial charge in [-0.25, -0.2) is 4.98 Å². The Labute approximate surface area is 73.1 Å². The maximum atomic E-state index is 5.58. The normalized spacial score (nSPS) is 10.4. The van der Waals surface area contributed by atoms with Crippen molar-refractivity contribution in [3.8, 4) is 0 Å². The van der Waals surface area contributed by atoms with Gasteiger partial charge in [0.15, 0.2) is 9.99 Å². The number of nitrogens with zero attached hydrogens (tertiary/aromatic N) is 2. The number of hydrogen-bond donors (Lipinski definition) is 0. The van der Waals surface area contributed by atoms with E-state index in [0.29, 0.717) is 5.69 Å². The van der Waals surface area contributed by atoms with Crippen molar-refractivity contribution in [2.24, 2.45) is 0 Å². The highest BCUT2D eigenvalue weighted by atomic mass is 35.5. The van der Waals surface area contributed by atoms with Crippen molar-refractivity contribution >= 4 is 34.8 Å². The molecule has 54 valence electrons. The lowest BCUT2D eigenvalue weighted by Gasteiger charge is -1.99. The highest BCUT2D eigenvalue weighted by Gasteiger charge is 2.09. The second kappa shape index (κ2) is 3.37. The van der Waals surface area contributed by atoms with Crippen LogP contribution < -0.4 is 0 Å². The summed E-state index contributed by atoms with van der Waals surface area (Å²) in [4.78, 5) is 6.85. The Morgan fingerprint density at radius 1 is 1.20 bits per heavy atom. The molecule has 0 aromatic carbocycles. The summed E-state index contributed by atoms with van der Waals surface area (Å²) in [5.41, 5.74) is 0.396. The van der Waals surface area contributed by atoms with E-state index < -0.39 is 4.84 Å². The van der Waals surface area contributed by atoms with Gasteiger partial charge < -0.3 is 0 Å². The molecule has 0 N–H and O–H groups in total. The van der Waals surface area contributed by atoms with Crippen molar-refractivity contribution in [3.05, 3.63) is 23.2 Å². The van der Waals surface area contributed by atoms with Crippen LogP contribution in [0.25, 0.3) is 0 Å². The van der Waals surface area contributed by atoms with Crippen molar-refractivity contribution < 1.29 is 0 Å². The largest absolute Gasteiger partial charge is 0.254 e. The lowest BCUT2D eigenvalue weighted by molar-refractivity contribution is 1.08. The molecule has 0 spiro atoms. The minimum absolute atomic E-state index is 0.248. The van der Waals surface area contributed by atoms with E-state index in [2.05, 4.69) is 9.97 Å². The van der Waals surface area contributed by atoms with Crippen LogP contribution in [0.2, 0.25) is 5.15 Å². The predicted octanol–water partition coefficient (Wildman–Crippen LogP) is 2.61. The molecule has 0 atom stereocenters. The SMILES string of the molecule is Clc1nccnc1C(Cl)Cl. The standard InChI is InChI=1S/C5H3Cl3N2/c6-4(7)3-5(8)10-2-1-9-3/h1-2,4H. The fourth-order valence-corrected chi connectivity index (χ4v) is 1.12. The van der Waals surface area contributed by atoms with Crippen molar-refractivity contribution in [3.63, 3.8) is 0 Å². The van der Waals surface area contributed by atoms with Crippen LogP contribution in [0, 0.1) is 0 Å². The van der Waals surface area contributed by atoms with E-state index in [1.165, 1.54) is 12.4 Å². The van der Waals surface area contributed by atoms with E-state index >= 15 is 0 Å². The van der Waals surface area contributed by atoms with Gasteiger partial charge in [0.05, 0.1) is 0 Å². The summed E-state index contributed by atoms with van der Waals surface area (Å²) < 4.78 is 0. The number of alkyl halides is 2. The lowest BCUT2D eigenvalue weighted by Crippen LogP contribution is -1.90. The molecule has 2 nitrogen and oxygen atoms in total. The van der Waals surface area contributed by atoms with Gasteiger partial charge in [0.1, 0.15) is 5.69 Å². The van der Waals surface area contributed by atoms with Crippen LogP contribution in [-0.4, -0.2) is 9.97 Å². The Hall–Kier alpha value is -0.0500. The van der Waals surface area contributed by atoms with Gasteiger partial charge in [-0.15, -0.1) is 0 Å². The van der Waals surface area contributed by atoms with Gasteiger partial charge in [-0.1, -0.05) is 34.8 Å². The fourth-order valence-electron chi connectivity index (χ4n) is 0.478. The zero-order chi connectivity index (χ0) is 7.56. The Morgan fingerprint density at radius 2 is 1.80 bits per heavy atom. The van der Waals surface area contributed by atoms with Crippen LogP contribution in [0.3, 0.4) is 0 Å². The van der Waals surface area contributed by atoms with Crippen LogP contribution in [0.4, 0.5) is 0 Å². The van der Waals surface area contributed by atoms with Crippen LogP contribution >= 0.6 is 34.8 Å². The van der Waals surface area contributed by atoms with Gasteiger partial charge >= 0.3 is 0 Å². The highest BCUT2D eigenvalue weighted by molar-refractivity contribution is 6.45. The molecule has 0 aliphatic carbocycles. The van der Waals surface area contributed by atoms with Crippen LogP contribution in [0.1, 0.15) is 10.5 Å². The Kier molecular flexibility index (Phi) is 2.72. The minimum Gasteiger partial charge on any atom is -0.254 e. The molecule has 0 aliphatic heterocycles. The summed E-state index contributed by atoms with van der Waals surface area (Å²) >= 11 is 16.6. The second-order valence-corrected chi connectivity index (χ2v) is 2.99. The minimum atomic E-state index is -0.707. The first kappa shape index (κ1) is 8.05. The van der Waals surface area contributed by atoms with Gasteiger partial charge in [0.25, 0.3) is 0 Å². The van der Waals surface area contributed by atoms with Crippen molar-refractivity contribution in [2.45, 2.75) is 4.84 Å². The molecule has 0 fully saturated rings. The van der Waals surface area contributed by atoms with Crippen LogP contribution in [0.15, 0.2) is 12.4 Å². The van der Waals surface area contributed by atoms with E-state index in [1.54, 1.807) is 0 Å². The molecule has 1 rings (SSSR count). The summed E-state index contributed by atoms with van der Waals surface area (Å²) in [6.45, 7) is 0. The number of halogens is 3. The summed E-state index contributed by atoms with van der Waals surface area (Å²) in [6.07, 6.45) is 2.96. The smallest absolute Gasteiger partial charge is 0.153 e. The first-order valence-corrected chi connectivity index (χ1v) is 3.71. The average Bonchev–Trinajstić information content (AvgIpc) is 1.88. The summed E-state index contributed by atoms with van der Waals surface area (Å²) in [5.74, 6) is 0. The molecule has 0 radical (unpaired) electrons. The first-order chi connectivity index (χ1) is 4.72. The predicted molar refractivity (Wildman–Crippen MR) is 41.5 cm³/mol. The molecule has 5 heteroatoms. The fraction of sp³-hybridized carbons (Fsp3) is 0.200. The molecule has 1 heterocycles. The van der Waals surface area contributed by atoms with Gasteiger partial charge in [-0.3, -0.25) is 4.98 Å². The third-order valence-corrected chi connectivity index (χ3v) is 1.59. The molecule has 1 aromatic rings. The van der Waals surface area contributed by atoms with E-state index in [1.807, 2.05) is 0 Å². The maximum absolute atomic E-state index is 5.58. The monoisotopic (exact) mass is 196 g/mol. The van der Waals surface area contributed by atoms with Gasteiger partial charge in [-0.05, 0) is 0 Å². The number of aromatic nitrogens is 2. The lowest BCUT2D eigenvalue weighted by atomic mass is 10.5. The van der Waals surface area contributed by atoms with E-state index in [-0.39, 0.29) is 5.15 Å². The molecular formula is C5H3Cl3N2. The molecule has 0 saturated carbocycles. The summed E-state index contributed by atoms with van der Waals surface area (Å²) in [7, 11) is 0. The molecule has 1 aromatic heterocycles. The summed E-state index contributed by atoms with van der Waals surface area (Å²) in [5, 5.41) is 0.248. The molecule has 0 unspecified atom stereocenters. The van der Waals surface area contributed by atoms with E-state index in [9.17, 15) is 0 Å². The quantitative estimate of drug-likeness (QED) is 0.647. The topological polar surface area (TPSA) is 25.8 Å². The van der Waals surface area contributed by atoms with E-state index in [0.717, 1.165) is 0 Å². The Morgan fingerprint density at radius 3 is 2.20 bits per heavy atom. The van der Waals surface area contributed by atoms with Crippen molar-refractivity contribution in [2.75, 3.05) is 0 Å². The molecule has 0 bridgehead atoms. The number of hydrogen-bond acceptors (Lipinski definition) is 2. The zero-order valence-electron chi connectivity index (χ0n) is 4.76. The molecular weight excluding hydrogens is 194 g/mol. The van der Waals surface area contributed by atoms with Gasteiger partial charge in [0.2, 0.25) is 0 Å². The van der Waals surface area contributed by atoms with Crippen molar-refractivity contribution in [1.29, 1.82) is 0 Å². The second-order valence-electron chi connectivity index (χ2n) is 1.53. The molecule has 10 heavy (non-hydrogen) atoms. The molecule has 0 amide bonds.